The molecule has 4 heteroatoms. The zero-order chi connectivity index (χ0) is 12.1. The van der Waals surface area contributed by atoms with Crippen molar-refractivity contribution in [3.8, 4) is 5.75 Å². The Bertz CT molecular complexity index is 416. The molecule has 0 spiro atoms. The first-order chi connectivity index (χ1) is 8.23. The van der Waals surface area contributed by atoms with E-state index in [1.165, 1.54) is 0 Å². The molecule has 1 aromatic rings. The summed E-state index contributed by atoms with van der Waals surface area (Å²) in [6.45, 7) is 0.193. The van der Waals surface area contributed by atoms with E-state index in [0.717, 1.165) is 6.42 Å². The molecular weight excluding hydrogens is 218 g/mol. The molecular formula is C13H15NO3. The van der Waals surface area contributed by atoms with Crippen molar-refractivity contribution in [2.75, 3.05) is 6.61 Å². The molecule has 1 N–H and O–H groups in total. The van der Waals surface area contributed by atoms with Crippen LogP contribution in [0.15, 0.2) is 36.7 Å². The summed E-state index contributed by atoms with van der Waals surface area (Å²) in [6.07, 6.45) is 9.14. The summed E-state index contributed by atoms with van der Waals surface area (Å²) in [5, 5.41) is 9.34. The molecule has 90 valence electrons. The normalized spacial score (nSPS) is 23.3. The molecule has 1 heterocycles. The SMILES string of the molecule is O=C(O)C1(COc2cccnc2)CC=CCC1. The summed E-state index contributed by atoms with van der Waals surface area (Å²) >= 11 is 0. The van der Waals surface area contributed by atoms with Gasteiger partial charge in [-0.25, -0.2) is 0 Å². The fourth-order valence-electron chi connectivity index (χ4n) is 1.93. The summed E-state index contributed by atoms with van der Waals surface area (Å²) in [6, 6.07) is 3.55. The monoisotopic (exact) mass is 233 g/mol. The van der Waals surface area contributed by atoms with E-state index in [-0.39, 0.29) is 6.61 Å². The van der Waals surface area contributed by atoms with Crippen LogP contribution in [-0.4, -0.2) is 22.7 Å². The van der Waals surface area contributed by atoms with Crippen LogP contribution in [0, 0.1) is 5.41 Å². The Morgan fingerprint density at radius 1 is 1.53 bits per heavy atom. The van der Waals surface area contributed by atoms with E-state index in [0.29, 0.717) is 18.6 Å². The van der Waals surface area contributed by atoms with Gasteiger partial charge in [0, 0.05) is 6.20 Å². The van der Waals surface area contributed by atoms with Crippen LogP contribution in [0.4, 0.5) is 0 Å². The first-order valence-corrected chi connectivity index (χ1v) is 5.64. The highest BCUT2D eigenvalue weighted by molar-refractivity contribution is 5.75. The van der Waals surface area contributed by atoms with Gasteiger partial charge in [0.2, 0.25) is 0 Å². The van der Waals surface area contributed by atoms with E-state index in [9.17, 15) is 9.90 Å². The lowest BCUT2D eigenvalue weighted by atomic mass is 9.78. The molecule has 0 saturated heterocycles. The maximum Gasteiger partial charge on any atom is 0.313 e. The molecule has 1 atom stereocenters. The van der Waals surface area contributed by atoms with Crippen LogP contribution in [0.3, 0.4) is 0 Å². The molecule has 1 aliphatic rings. The van der Waals surface area contributed by atoms with Gasteiger partial charge in [-0.2, -0.15) is 0 Å². The molecule has 0 bridgehead atoms. The Balaban J connectivity index is 2.04. The first-order valence-electron chi connectivity index (χ1n) is 5.64. The summed E-state index contributed by atoms with van der Waals surface area (Å²) in [5.74, 6) is -0.173. The second-order valence-corrected chi connectivity index (χ2v) is 4.28. The zero-order valence-electron chi connectivity index (χ0n) is 9.50. The van der Waals surface area contributed by atoms with E-state index in [4.69, 9.17) is 4.74 Å². The van der Waals surface area contributed by atoms with Crippen LogP contribution in [0.2, 0.25) is 0 Å². The van der Waals surface area contributed by atoms with E-state index < -0.39 is 11.4 Å². The number of pyridine rings is 1. The van der Waals surface area contributed by atoms with Crippen molar-refractivity contribution in [1.29, 1.82) is 0 Å². The Kier molecular flexibility index (Phi) is 3.42. The van der Waals surface area contributed by atoms with Crippen molar-refractivity contribution in [3.05, 3.63) is 36.7 Å². The number of hydrogen-bond donors (Lipinski definition) is 1. The highest BCUT2D eigenvalue weighted by Crippen LogP contribution is 2.33. The van der Waals surface area contributed by atoms with Crippen molar-refractivity contribution < 1.29 is 14.6 Å². The zero-order valence-corrected chi connectivity index (χ0v) is 9.50. The predicted octanol–water partition coefficient (Wildman–Crippen LogP) is 2.27. The van der Waals surface area contributed by atoms with Gasteiger partial charge in [-0.1, -0.05) is 12.2 Å². The smallest absolute Gasteiger partial charge is 0.313 e. The second-order valence-electron chi connectivity index (χ2n) is 4.28. The number of carbonyl (C=O) groups is 1. The Hall–Kier alpha value is -1.84. The average Bonchev–Trinajstić information content (AvgIpc) is 2.38. The molecule has 0 saturated carbocycles. The maximum atomic E-state index is 11.4. The minimum Gasteiger partial charge on any atom is -0.491 e. The Morgan fingerprint density at radius 2 is 2.41 bits per heavy atom. The highest BCUT2D eigenvalue weighted by Gasteiger charge is 2.39. The first kappa shape index (κ1) is 11.6. The van der Waals surface area contributed by atoms with Gasteiger partial charge in [0.15, 0.2) is 0 Å². The fraction of sp³-hybridized carbons (Fsp3) is 0.385. The molecule has 1 aromatic heterocycles. The van der Waals surface area contributed by atoms with Gasteiger partial charge in [-0.15, -0.1) is 0 Å². The van der Waals surface area contributed by atoms with Crippen LogP contribution in [0.25, 0.3) is 0 Å². The third kappa shape index (κ3) is 2.64. The molecule has 4 nitrogen and oxygen atoms in total. The van der Waals surface area contributed by atoms with Gasteiger partial charge in [-0.05, 0) is 31.4 Å². The summed E-state index contributed by atoms with van der Waals surface area (Å²) < 4.78 is 5.53. The molecule has 0 fully saturated rings. The lowest BCUT2D eigenvalue weighted by molar-refractivity contribution is -0.151. The standard InChI is InChI=1S/C13H15NO3/c15-12(16)13(6-2-1-3-7-13)10-17-11-5-4-8-14-9-11/h1-2,4-5,8-9H,3,6-7,10H2,(H,15,16). The minimum atomic E-state index is -0.787. The predicted molar refractivity (Wildman–Crippen MR) is 62.8 cm³/mol. The molecule has 1 unspecified atom stereocenters. The van der Waals surface area contributed by atoms with E-state index in [2.05, 4.69) is 4.98 Å². The van der Waals surface area contributed by atoms with Crippen LogP contribution in [-0.2, 0) is 4.79 Å². The number of carboxylic acids is 1. The average molecular weight is 233 g/mol. The second kappa shape index (κ2) is 4.99. The third-order valence-corrected chi connectivity index (χ3v) is 3.07. The topological polar surface area (TPSA) is 59.4 Å². The highest BCUT2D eigenvalue weighted by atomic mass is 16.5. The van der Waals surface area contributed by atoms with E-state index in [1.54, 1.807) is 24.5 Å². The summed E-state index contributed by atoms with van der Waals surface area (Å²) in [4.78, 5) is 15.3. The number of aliphatic carboxylic acids is 1. The van der Waals surface area contributed by atoms with Crippen molar-refractivity contribution >= 4 is 5.97 Å². The largest absolute Gasteiger partial charge is 0.491 e. The number of nitrogens with zero attached hydrogens (tertiary/aromatic N) is 1. The lowest BCUT2D eigenvalue weighted by Crippen LogP contribution is -2.37. The Labute approximate surface area is 99.9 Å². The molecule has 0 radical (unpaired) electrons. The number of allylic oxidation sites excluding steroid dienone is 2. The molecule has 2 rings (SSSR count). The Morgan fingerprint density at radius 3 is 3.00 bits per heavy atom. The number of rotatable bonds is 4. The lowest BCUT2D eigenvalue weighted by Gasteiger charge is -2.30. The summed E-state index contributed by atoms with van der Waals surface area (Å²) in [7, 11) is 0. The molecule has 1 aliphatic carbocycles. The number of ether oxygens (including phenoxy) is 1. The quantitative estimate of drug-likeness (QED) is 0.810. The molecule has 0 amide bonds. The van der Waals surface area contributed by atoms with Gasteiger partial charge in [0.1, 0.15) is 17.8 Å². The number of carboxylic acid groups (broad SMARTS) is 1. The van der Waals surface area contributed by atoms with Gasteiger partial charge >= 0.3 is 5.97 Å². The summed E-state index contributed by atoms with van der Waals surface area (Å²) in [5.41, 5.74) is -0.787. The van der Waals surface area contributed by atoms with Crippen LogP contribution < -0.4 is 4.74 Å². The van der Waals surface area contributed by atoms with E-state index >= 15 is 0 Å². The van der Waals surface area contributed by atoms with Gasteiger partial charge in [-0.3, -0.25) is 9.78 Å². The minimum absolute atomic E-state index is 0.193. The van der Waals surface area contributed by atoms with E-state index in [1.807, 2.05) is 12.2 Å². The molecule has 0 aliphatic heterocycles. The van der Waals surface area contributed by atoms with Gasteiger partial charge in [0.05, 0.1) is 6.20 Å². The van der Waals surface area contributed by atoms with Crippen molar-refractivity contribution in [3.63, 3.8) is 0 Å². The number of hydrogen-bond acceptors (Lipinski definition) is 3. The fourth-order valence-corrected chi connectivity index (χ4v) is 1.93. The third-order valence-electron chi connectivity index (χ3n) is 3.07. The van der Waals surface area contributed by atoms with Crippen LogP contribution >= 0.6 is 0 Å². The van der Waals surface area contributed by atoms with Crippen LogP contribution in [0.1, 0.15) is 19.3 Å². The molecule has 17 heavy (non-hydrogen) atoms. The van der Waals surface area contributed by atoms with Gasteiger partial charge in [0.25, 0.3) is 0 Å². The maximum absolute atomic E-state index is 11.4. The van der Waals surface area contributed by atoms with Gasteiger partial charge < -0.3 is 9.84 Å². The van der Waals surface area contributed by atoms with Crippen molar-refractivity contribution in [2.45, 2.75) is 19.3 Å². The van der Waals surface area contributed by atoms with Crippen molar-refractivity contribution in [1.82, 2.24) is 4.98 Å². The number of aromatic nitrogens is 1. The molecule has 0 aromatic carbocycles. The van der Waals surface area contributed by atoms with Crippen molar-refractivity contribution in [2.24, 2.45) is 5.41 Å². The van der Waals surface area contributed by atoms with Crippen LogP contribution in [0.5, 0.6) is 5.75 Å².